The molecule has 0 atom stereocenters. The van der Waals surface area contributed by atoms with Gasteiger partial charge in [0.1, 0.15) is 12.4 Å². The molecule has 140 valence electrons. The maximum absolute atomic E-state index is 13.4. The fraction of sp³-hybridized carbons (Fsp3) is 0.381. The zero-order chi connectivity index (χ0) is 19.3. The van der Waals surface area contributed by atoms with Crippen LogP contribution in [0.5, 0.6) is 5.75 Å². The van der Waals surface area contributed by atoms with Crippen LogP contribution in [0.4, 0.5) is 8.78 Å². The molecular weight excluding hydrogens is 336 g/mol. The number of nitrogens with one attached hydrogen (secondary N) is 1. The highest BCUT2D eigenvalue weighted by atomic mass is 19.3. The third-order valence-corrected chi connectivity index (χ3v) is 4.56. The lowest BCUT2D eigenvalue weighted by atomic mass is 9.99. The van der Waals surface area contributed by atoms with E-state index in [4.69, 9.17) is 4.74 Å². The van der Waals surface area contributed by atoms with Crippen LogP contribution in [0.1, 0.15) is 46.7 Å². The van der Waals surface area contributed by atoms with Gasteiger partial charge in [0.2, 0.25) is 5.91 Å². The van der Waals surface area contributed by atoms with Crippen molar-refractivity contribution in [2.45, 2.75) is 46.6 Å². The standard InChI is InChI=1S/C21H25F2NO2/c1-5-15-9-14(3)19(10-13(15)2)26-12-18-16(11-20(25)24-4)7-6-8-17(18)21(22)23/h6-10,21H,5,11-12H2,1-4H3,(H,24,25). The van der Waals surface area contributed by atoms with Crippen LogP contribution in [0.25, 0.3) is 0 Å². The van der Waals surface area contributed by atoms with E-state index in [9.17, 15) is 13.6 Å². The topological polar surface area (TPSA) is 38.3 Å². The highest BCUT2D eigenvalue weighted by molar-refractivity contribution is 5.78. The Morgan fingerprint density at radius 3 is 2.50 bits per heavy atom. The van der Waals surface area contributed by atoms with Crippen LogP contribution >= 0.6 is 0 Å². The molecule has 0 aromatic heterocycles. The normalized spacial score (nSPS) is 10.9. The molecule has 0 unspecified atom stereocenters. The Labute approximate surface area is 153 Å². The third-order valence-electron chi connectivity index (χ3n) is 4.56. The van der Waals surface area contributed by atoms with Crippen molar-refractivity contribution in [3.05, 3.63) is 63.7 Å². The molecule has 2 aromatic carbocycles. The van der Waals surface area contributed by atoms with Gasteiger partial charge in [-0.1, -0.05) is 31.2 Å². The predicted octanol–water partition coefficient (Wildman–Crippen LogP) is 4.67. The van der Waals surface area contributed by atoms with Gasteiger partial charge in [-0.25, -0.2) is 8.78 Å². The fourth-order valence-electron chi connectivity index (χ4n) is 3.00. The molecule has 0 heterocycles. The lowest BCUT2D eigenvalue weighted by Crippen LogP contribution is -2.21. The summed E-state index contributed by atoms with van der Waals surface area (Å²) in [6.45, 7) is 6.04. The zero-order valence-electron chi connectivity index (χ0n) is 15.7. The number of amides is 1. The minimum absolute atomic E-state index is 0.00140. The summed E-state index contributed by atoms with van der Waals surface area (Å²) in [5.41, 5.74) is 4.16. The Kier molecular flexibility index (Phi) is 6.72. The number of rotatable bonds is 7. The van der Waals surface area contributed by atoms with Crippen molar-refractivity contribution in [3.63, 3.8) is 0 Å². The second-order valence-electron chi connectivity index (χ2n) is 6.32. The zero-order valence-corrected chi connectivity index (χ0v) is 15.7. The summed E-state index contributed by atoms with van der Waals surface area (Å²) in [7, 11) is 1.52. The third kappa shape index (κ3) is 4.59. The average molecular weight is 361 g/mol. The van der Waals surface area contributed by atoms with Gasteiger partial charge in [0.15, 0.2) is 0 Å². The van der Waals surface area contributed by atoms with E-state index in [0.717, 1.165) is 17.5 Å². The average Bonchev–Trinajstić information content (AvgIpc) is 2.62. The summed E-state index contributed by atoms with van der Waals surface area (Å²) >= 11 is 0. The van der Waals surface area contributed by atoms with Gasteiger partial charge >= 0.3 is 0 Å². The number of likely N-dealkylation sites (N-methyl/N-ethyl adjacent to an activating group) is 1. The first-order chi connectivity index (χ1) is 12.4. The van der Waals surface area contributed by atoms with Gasteiger partial charge in [0.25, 0.3) is 6.43 Å². The SMILES string of the molecule is CCc1cc(C)c(OCc2c(CC(=O)NC)cccc2C(F)F)cc1C. The van der Waals surface area contributed by atoms with Gasteiger partial charge in [-0.2, -0.15) is 0 Å². The summed E-state index contributed by atoms with van der Waals surface area (Å²) in [4.78, 5) is 11.7. The molecule has 0 aliphatic heterocycles. The van der Waals surface area contributed by atoms with E-state index >= 15 is 0 Å². The first kappa shape index (κ1) is 19.9. The molecule has 0 spiro atoms. The quantitative estimate of drug-likeness (QED) is 0.778. The van der Waals surface area contributed by atoms with Crippen LogP contribution in [0, 0.1) is 13.8 Å². The molecule has 0 radical (unpaired) electrons. The van der Waals surface area contributed by atoms with Crippen LogP contribution in [0.15, 0.2) is 30.3 Å². The number of halogens is 2. The number of carbonyl (C=O) groups is 1. The number of alkyl halides is 2. The summed E-state index contributed by atoms with van der Waals surface area (Å²) in [6.07, 6.45) is -1.65. The van der Waals surface area contributed by atoms with Crippen LogP contribution in [-0.2, 0) is 24.2 Å². The fourth-order valence-corrected chi connectivity index (χ4v) is 3.00. The highest BCUT2D eigenvalue weighted by Crippen LogP contribution is 2.29. The van der Waals surface area contributed by atoms with Crippen molar-refractivity contribution >= 4 is 5.91 Å². The maximum Gasteiger partial charge on any atom is 0.264 e. The van der Waals surface area contributed by atoms with Crippen LogP contribution in [0.2, 0.25) is 0 Å². The van der Waals surface area contributed by atoms with Crippen LogP contribution in [0.3, 0.4) is 0 Å². The smallest absolute Gasteiger partial charge is 0.264 e. The van der Waals surface area contributed by atoms with Gasteiger partial charge in [0.05, 0.1) is 6.42 Å². The lowest BCUT2D eigenvalue weighted by molar-refractivity contribution is -0.119. The molecule has 0 saturated heterocycles. The van der Waals surface area contributed by atoms with Crippen LogP contribution < -0.4 is 10.1 Å². The molecule has 5 heteroatoms. The predicted molar refractivity (Wildman–Crippen MR) is 98.8 cm³/mol. The number of carbonyl (C=O) groups excluding carboxylic acids is 1. The van der Waals surface area contributed by atoms with E-state index < -0.39 is 6.43 Å². The summed E-state index contributed by atoms with van der Waals surface area (Å²) in [6, 6.07) is 8.63. The number of hydrogen-bond acceptors (Lipinski definition) is 2. The van der Waals surface area contributed by atoms with Gasteiger partial charge in [-0.15, -0.1) is 0 Å². The Morgan fingerprint density at radius 1 is 1.15 bits per heavy atom. The summed E-state index contributed by atoms with van der Waals surface area (Å²) in [5, 5.41) is 2.53. The molecule has 2 rings (SSSR count). The molecule has 0 aliphatic rings. The van der Waals surface area contributed by atoms with E-state index in [1.165, 1.54) is 18.7 Å². The Bertz CT molecular complexity index is 788. The summed E-state index contributed by atoms with van der Waals surface area (Å²) in [5.74, 6) is 0.451. The van der Waals surface area contributed by atoms with E-state index in [-0.39, 0.29) is 24.5 Å². The van der Waals surface area contributed by atoms with Crippen molar-refractivity contribution in [3.8, 4) is 5.75 Å². The molecule has 0 saturated carbocycles. The monoisotopic (exact) mass is 361 g/mol. The van der Waals surface area contributed by atoms with Gasteiger partial charge in [0, 0.05) is 18.2 Å². The maximum atomic E-state index is 13.4. The second-order valence-corrected chi connectivity index (χ2v) is 6.32. The van der Waals surface area contributed by atoms with Crippen molar-refractivity contribution in [2.75, 3.05) is 7.05 Å². The molecule has 26 heavy (non-hydrogen) atoms. The highest BCUT2D eigenvalue weighted by Gasteiger charge is 2.18. The molecular formula is C21H25F2NO2. The molecule has 1 N–H and O–H groups in total. The minimum Gasteiger partial charge on any atom is -0.489 e. The molecule has 0 bridgehead atoms. The number of benzene rings is 2. The second kappa shape index (κ2) is 8.79. The van der Waals surface area contributed by atoms with E-state index in [0.29, 0.717) is 16.9 Å². The first-order valence-electron chi connectivity index (χ1n) is 8.69. The van der Waals surface area contributed by atoms with Gasteiger partial charge in [-0.3, -0.25) is 4.79 Å². The van der Waals surface area contributed by atoms with Crippen molar-refractivity contribution < 1.29 is 18.3 Å². The van der Waals surface area contributed by atoms with Crippen molar-refractivity contribution in [1.29, 1.82) is 0 Å². The van der Waals surface area contributed by atoms with Crippen LogP contribution in [-0.4, -0.2) is 13.0 Å². The lowest BCUT2D eigenvalue weighted by Gasteiger charge is -2.17. The summed E-state index contributed by atoms with van der Waals surface area (Å²) < 4.78 is 32.8. The number of hydrogen-bond donors (Lipinski definition) is 1. The van der Waals surface area contributed by atoms with E-state index in [2.05, 4.69) is 18.3 Å². The van der Waals surface area contributed by atoms with Gasteiger partial charge in [-0.05, 0) is 48.6 Å². The van der Waals surface area contributed by atoms with Crippen molar-refractivity contribution in [2.24, 2.45) is 0 Å². The largest absolute Gasteiger partial charge is 0.489 e. The minimum atomic E-state index is -2.62. The molecule has 0 aliphatic carbocycles. The Balaban J connectivity index is 2.33. The molecule has 1 amide bonds. The van der Waals surface area contributed by atoms with E-state index in [1.807, 2.05) is 19.9 Å². The Hall–Kier alpha value is -2.43. The number of ether oxygens (including phenoxy) is 1. The molecule has 2 aromatic rings. The number of aryl methyl sites for hydroxylation is 3. The van der Waals surface area contributed by atoms with Crippen molar-refractivity contribution in [1.82, 2.24) is 5.32 Å². The first-order valence-corrected chi connectivity index (χ1v) is 8.69. The molecule has 0 fully saturated rings. The van der Waals surface area contributed by atoms with E-state index in [1.54, 1.807) is 12.1 Å². The van der Waals surface area contributed by atoms with Gasteiger partial charge < -0.3 is 10.1 Å². The Morgan fingerprint density at radius 2 is 1.88 bits per heavy atom. The molecule has 3 nitrogen and oxygen atoms in total.